The fourth-order valence-electron chi connectivity index (χ4n) is 1.56. The first kappa shape index (κ1) is 12.3. The largest absolute Gasteiger partial charge is 0.339 e. The smallest absolute Gasteiger partial charge is 0.226 e. The van der Waals surface area contributed by atoms with E-state index in [0.29, 0.717) is 5.25 Å². The Balaban J connectivity index is 1.85. The average Bonchev–Trinajstić information content (AvgIpc) is 2.79. The van der Waals surface area contributed by atoms with Gasteiger partial charge < -0.3 is 10.3 Å². The Morgan fingerprint density at radius 1 is 1.38 bits per heavy atom. The molecule has 0 amide bonds. The topological polar surface area (TPSA) is 64.9 Å². The monoisotopic (exact) mass is 259 g/mol. The predicted octanol–water partition coefficient (Wildman–Crippen LogP) is 1.87. The van der Waals surface area contributed by atoms with Gasteiger partial charge in [-0.25, -0.2) is 0 Å². The van der Waals surface area contributed by atoms with E-state index in [1.807, 2.05) is 23.5 Å². The molecular formula is C10H17N3OS2. The maximum Gasteiger partial charge on any atom is 0.226 e. The average molecular weight is 259 g/mol. The van der Waals surface area contributed by atoms with Gasteiger partial charge in [-0.05, 0) is 19.4 Å². The summed E-state index contributed by atoms with van der Waals surface area (Å²) in [5.41, 5.74) is 5.44. The molecule has 4 nitrogen and oxygen atoms in total. The molecule has 90 valence electrons. The van der Waals surface area contributed by atoms with E-state index in [1.54, 1.807) is 0 Å². The number of hydrogen-bond donors (Lipinski definition) is 1. The van der Waals surface area contributed by atoms with E-state index in [9.17, 15) is 0 Å². The van der Waals surface area contributed by atoms with Crippen LogP contribution in [0.25, 0.3) is 0 Å². The summed E-state index contributed by atoms with van der Waals surface area (Å²) in [7, 11) is 0. The number of nitrogens with zero attached hydrogens (tertiary/aromatic N) is 2. The van der Waals surface area contributed by atoms with Crippen molar-refractivity contribution in [2.24, 2.45) is 5.73 Å². The van der Waals surface area contributed by atoms with E-state index in [4.69, 9.17) is 10.3 Å². The van der Waals surface area contributed by atoms with Gasteiger partial charge in [0.05, 0.1) is 5.25 Å². The zero-order valence-corrected chi connectivity index (χ0v) is 10.9. The third-order valence-corrected chi connectivity index (χ3v) is 5.18. The highest BCUT2D eigenvalue weighted by Gasteiger charge is 2.21. The summed E-state index contributed by atoms with van der Waals surface area (Å²) in [6.45, 7) is 0.732. The van der Waals surface area contributed by atoms with Crippen molar-refractivity contribution in [3.05, 3.63) is 11.7 Å². The SMILES string of the molecule is NCCCCc1nc(C2CSCCS2)no1. The van der Waals surface area contributed by atoms with Crippen LogP contribution in [0.3, 0.4) is 0 Å². The van der Waals surface area contributed by atoms with Crippen LogP contribution in [0.1, 0.15) is 29.8 Å². The number of thioether (sulfide) groups is 2. The van der Waals surface area contributed by atoms with Gasteiger partial charge in [-0.2, -0.15) is 16.7 Å². The van der Waals surface area contributed by atoms with Crippen molar-refractivity contribution in [1.82, 2.24) is 10.1 Å². The van der Waals surface area contributed by atoms with Crippen molar-refractivity contribution in [3.63, 3.8) is 0 Å². The van der Waals surface area contributed by atoms with Crippen LogP contribution in [-0.4, -0.2) is 33.9 Å². The molecular weight excluding hydrogens is 242 g/mol. The van der Waals surface area contributed by atoms with Crippen LogP contribution in [0.15, 0.2) is 4.52 Å². The first-order valence-corrected chi connectivity index (χ1v) is 7.82. The minimum Gasteiger partial charge on any atom is -0.339 e. The maximum atomic E-state index is 5.44. The van der Waals surface area contributed by atoms with Crippen molar-refractivity contribution in [1.29, 1.82) is 0 Å². The molecule has 1 aliphatic heterocycles. The minimum atomic E-state index is 0.422. The fraction of sp³-hybridized carbons (Fsp3) is 0.800. The summed E-state index contributed by atoms with van der Waals surface area (Å²) in [4.78, 5) is 4.45. The summed E-state index contributed by atoms with van der Waals surface area (Å²) < 4.78 is 5.24. The van der Waals surface area contributed by atoms with Gasteiger partial charge in [0.2, 0.25) is 5.89 Å². The van der Waals surface area contributed by atoms with Crippen molar-refractivity contribution in [2.75, 3.05) is 23.8 Å². The highest BCUT2D eigenvalue weighted by Crippen LogP contribution is 2.35. The van der Waals surface area contributed by atoms with Crippen LogP contribution in [0.2, 0.25) is 0 Å². The molecule has 1 saturated heterocycles. The Bertz CT molecular complexity index is 313. The molecule has 0 aliphatic carbocycles. The normalized spacial score (nSPS) is 21.2. The lowest BCUT2D eigenvalue weighted by atomic mass is 10.2. The Morgan fingerprint density at radius 2 is 2.31 bits per heavy atom. The number of aryl methyl sites for hydroxylation is 1. The molecule has 16 heavy (non-hydrogen) atoms. The molecule has 0 bridgehead atoms. The Kier molecular flexibility index (Phi) is 4.99. The molecule has 0 spiro atoms. The van der Waals surface area contributed by atoms with Crippen molar-refractivity contribution in [2.45, 2.75) is 24.5 Å². The van der Waals surface area contributed by atoms with E-state index in [-0.39, 0.29) is 0 Å². The molecule has 1 unspecified atom stereocenters. The molecule has 1 aromatic rings. The summed E-state index contributed by atoms with van der Waals surface area (Å²) >= 11 is 3.90. The predicted molar refractivity (Wildman–Crippen MR) is 68.8 cm³/mol. The van der Waals surface area contributed by atoms with Gasteiger partial charge in [0.1, 0.15) is 0 Å². The van der Waals surface area contributed by atoms with Crippen LogP contribution in [-0.2, 0) is 6.42 Å². The second-order valence-electron chi connectivity index (χ2n) is 3.73. The second-order valence-corrected chi connectivity index (χ2v) is 6.19. The Hall–Kier alpha value is -0.200. The lowest BCUT2D eigenvalue weighted by Crippen LogP contribution is -2.08. The molecule has 6 heteroatoms. The minimum absolute atomic E-state index is 0.422. The lowest BCUT2D eigenvalue weighted by molar-refractivity contribution is 0.370. The molecule has 2 heterocycles. The van der Waals surface area contributed by atoms with Crippen molar-refractivity contribution in [3.8, 4) is 0 Å². The third-order valence-electron chi connectivity index (χ3n) is 2.43. The molecule has 0 aromatic carbocycles. The van der Waals surface area contributed by atoms with E-state index in [1.165, 1.54) is 11.5 Å². The maximum absolute atomic E-state index is 5.44. The molecule has 2 rings (SSSR count). The first-order chi connectivity index (χ1) is 7.90. The van der Waals surface area contributed by atoms with Gasteiger partial charge in [-0.3, -0.25) is 0 Å². The zero-order valence-electron chi connectivity index (χ0n) is 9.22. The fourth-order valence-corrected chi connectivity index (χ4v) is 4.15. The molecule has 0 radical (unpaired) electrons. The quantitative estimate of drug-likeness (QED) is 0.814. The third kappa shape index (κ3) is 3.40. The number of hydrogen-bond acceptors (Lipinski definition) is 6. The molecule has 1 aliphatic rings. The van der Waals surface area contributed by atoms with Crippen LogP contribution in [0, 0.1) is 0 Å². The van der Waals surface area contributed by atoms with Crippen LogP contribution < -0.4 is 5.73 Å². The van der Waals surface area contributed by atoms with Gasteiger partial charge in [0.25, 0.3) is 0 Å². The highest BCUT2D eigenvalue weighted by molar-refractivity contribution is 8.06. The van der Waals surface area contributed by atoms with E-state index < -0.39 is 0 Å². The zero-order chi connectivity index (χ0) is 11.2. The van der Waals surface area contributed by atoms with Gasteiger partial charge >= 0.3 is 0 Å². The Labute approximate surface area is 104 Å². The number of unbranched alkanes of at least 4 members (excludes halogenated alkanes) is 1. The van der Waals surface area contributed by atoms with E-state index in [0.717, 1.165) is 43.3 Å². The lowest BCUT2D eigenvalue weighted by Gasteiger charge is -2.16. The molecule has 0 saturated carbocycles. The summed E-state index contributed by atoms with van der Waals surface area (Å²) in [5.74, 6) is 5.17. The second kappa shape index (κ2) is 6.51. The number of nitrogens with two attached hydrogens (primary N) is 1. The standard InChI is InChI=1S/C10H17N3OS2/c11-4-2-1-3-9-12-10(13-14-9)8-7-15-5-6-16-8/h8H,1-7,11H2. The van der Waals surface area contributed by atoms with Crippen LogP contribution in [0.4, 0.5) is 0 Å². The van der Waals surface area contributed by atoms with Gasteiger partial charge in [-0.1, -0.05) is 5.16 Å². The highest BCUT2D eigenvalue weighted by atomic mass is 32.2. The molecule has 2 N–H and O–H groups in total. The van der Waals surface area contributed by atoms with Gasteiger partial charge in [-0.15, -0.1) is 11.8 Å². The first-order valence-electron chi connectivity index (χ1n) is 5.62. The van der Waals surface area contributed by atoms with Crippen LogP contribution in [0.5, 0.6) is 0 Å². The van der Waals surface area contributed by atoms with Crippen molar-refractivity contribution < 1.29 is 4.52 Å². The molecule has 1 aromatic heterocycles. The number of aromatic nitrogens is 2. The molecule has 1 fully saturated rings. The Morgan fingerprint density at radius 3 is 3.06 bits per heavy atom. The summed E-state index contributed by atoms with van der Waals surface area (Å²) in [6.07, 6.45) is 2.91. The van der Waals surface area contributed by atoms with E-state index in [2.05, 4.69) is 10.1 Å². The number of rotatable bonds is 5. The summed E-state index contributed by atoms with van der Waals surface area (Å²) in [6, 6.07) is 0. The van der Waals surface area contributed by atoms with Crippen LogP contribution >= 0.6 is 23.5 Å². The molecule has 1 atom stereocenters. The van der Waals surface area contributed by atoms with Gasteiger partial charge in [0.15, 0.2) is 5.82 Å². The van der Waals surface area contributed by atoms with Crippen molar-refractivity contribution >= 4 is 23.5 Å². The van der Waals surface area contributed by atoms with Gasteiger partial charge in [0, 0.05) is 23.7 Å². The van der Waals surface area contributed by atoms with E-state index >= 15 is 0 Å². The summed E-state index contributed by atoms with van der Waals surface area (Å²) in [5, 5.41) is 4.49.